The summed E-state index contributed by atoms with van der Waals surface area (Å²) in [7, 11) is 0. The van der Waals surface area contributed by atoms with Gasteiger partial charge < -0.3 is 19.3 Å². The third kappa shape index (κ3) is 9.36. The zero-order valence-corrected chi connectivity index (χ0v) is 16.6. The normalized spacial score (nSPS) is 22.8. The summed E-state index contributed by atoms with van der Waals surface area (Å²) in [5.41, 5.74) is 0.815. The van der Waals surface area contributed by atoms with Gasteiger partial charge in [0.25, 0.3) is 0 Å². The summed E-state index contributed by atoms with van der Waals surface area (Å²) in [6.07, 6.45) is 6.60. The first-order valence-electron chi connectivity index (χ1n) is 9.62. The topological polar surface area (TPSA) is 47.9 Å². The monoisotopic (exact) mass is 344 g/mol. The predicted molar refractivity (Wildman–Crippen MR) is 98.3 cm³/mol. The lowest BCUT2D eigenvalue weighted by Gasteiger charge is -2.42. The largest absolute Gasteiger partial charge is 0.394 e. The molecule has 1 aliphatic carbocycles. The Morgan fingerprint density at radius 3 is 1.88 bits per heavy atom. The minimum atomic E-state index is 0.0678. The fourth-order valence-electron chi connectivity index (χ4n) is 4.18. The lowest BCUT2D eigenvalue weighted by Crippen LogP contribution is -2.34. The van der Waals surface area contributed by atoms with E-state index >= 15 is 0 Å². The Labute approximate surface area is 149 Å². The zero-order valence-electron chi connectivity index (χ0n) is 16.6. The van der Waals surface area contributed by atoms with Crippen LogP contribution in [0.1, 0.15) is 66.7 Å². The molecule has 0 atom stereocenters. The highest BCUT2D eigenvalue weighted by Crippen LogP contribution is 2.45. The molecule has 0 aliphatic heterocycles. The molecule has 0 aromatic rings. The van der Waals surface area contributed by atoms with Gasteiger partial charge in [0, 0.05) is 0 Å². The Hall–Kier alpha value is -0.160. The van der Waals surface area contributed by atoms with Gasteiger partial charge in [-0.1, -0.05) is 34.6 Å². The van der Waals surface area contributed by atoms with Crippen LogP contribution < -0.4 is 0 Å². The number of hydrogen-bond acceptors (Lipinski definition) is 4. The van der Waals surface area contributed by atoms with Crippen LogP contribution in [0.4, 0.5) is 0 Å². The maximum Gasteiger partial charge on any atom is 0.0704 e. The molecule has 0 radical (unpaired) electrons. The van der Waals surface area contributed by atoms with Crippen molar-refractivity contribution in [3.8, 4) is 0 Å². The van der Waals surface area contributed by atoms with Crippen molar-refractivity contribution >= 4 is 0 Å². The SMILES string of the molecule is CC(C)(C)CC(C)(C)C1CCC(OCCOCCOCCO)CC1. The van der Waals surface area contributed by atoms with E-state index in [4.69, 9.17) is 19.3 Å². The van der Waals surface area contributed by atoms with E-state index in [0.29, 0.717) is 50.0 Å². The first-order chi connectivity index (χ1) is 11.2. The molecular formula is C20H40O4. The molecule has 144 valence electrons. The summed E-state index contributed by atoms with van der Waals surface area (Å²) in [5, 5.41) is 8.59. The molecule has 0 spiro atoms. The third-order valence-electron chi connectivity index (χ3n) is 4.95. The number of aliphatic hydroxyl groups excluding tert-OH is 1. The highest BCUT2D eigenvalue weighted by molar-refractivity contribution is 4.86. The summed E-state index contributed by atoms with van der Waals surface area (Å²) in [5.74, 6) is 0.816. The summed E-state index contributed by atoms with van der Waals surface area (Å²) in [6, 6.07) is 0. The van der Waals surface area contributed by atoms with Crippen molar-refractivity contribution in [1.29, 1.82) is 0 Å². The van der Waals surface area contributed by atoms with E-state index in [0.717, 1.165) is 5.92 Å². The average molecular weight is 345 g/mol. The average Bonchev–Trinajstić information content (AvgIpc) is 2.48. The Morgan fingerprint density at radius 2 is 1.33 bits per heavy atom. The van der Waals surface area contributed by atoms with Crippen molar-refractivity contribution in [2.45, 2.75) is 72.8 Å². The molecule has 0 heterocycles. The number of ether oxygens (including phenoxy) is 3. The maximum atomic E-state index is 8.59. The minimum absolute atomic E-state index is 0.0678. The number of hydrogen-bond donors (Lipinski definition) is 1. The summed E-state index contributed by atoms with van der Waals surface area (Å²) < 4.78 is 16.6. The Bertz CT molecular complexity index is 314. The maximum absolute atomic E-state index is 8.59. The van der Waals surface area contributed by atoms with E-state index in [1.54, 1.807) is 0 Å². The minimum Gasteiger partial charge on any atom is -0.394 e. The lowest BCUT2D eigenvalue weighted by molar-refractivity contribution is -0.0378. The molecule has 0 aromatic heterocycles. The summed E-state index contributed by atoms with van der Waals surface area (Å²) >= 11 is 0. The first kappa shape index (κ1) is 21.9. The molecule has 0 amide bonds. The van der Waals surface area contributed by atoms with Gasteiger partial charge in [-0.15, -0.1) is 0 Å². The van der Waals surface area contributed by atoms with Gasteiger partial charge in [-0.2, -0.15) is 0 Å². The molecule has 0 bridgehead atoms. The van der Waals surface area contributed by atoms with E-state index in [2.05, 4.69) is 34.6 Å². The highest BCUT2D eigenvalue weighted by atomic mass is 16.5. The first-order valence-corrected chi connectivity index (χ1v) is 9.62. The Morgan fingerprint density at radius 1 is 0.792 bits per heavy atom. The van der Waals surface area contributed by atoms with E-state index in [1.165, 1.54) is 32.1 Å². The van der Waals surface area contributed by atoms with Crippen LogP contribution in [0.25, 0.3) is 0 Å². The van der Waals surface area contributed by atoms with Crippen LogP contribution in [0.15, 0.2) is 0 Å². The summed E-state index contributed by atoms with van der Waals surface area (Å²) in [4.78, 5) is 0. The predicted octanol–water partition coefficient (Wildman–Crippen LogP) is 4.05. The van der Waals surface area contributed by atoms with Crippen LogP contribution in [0.5, 0.6) is 0 Å². The summed E-state index contributed by atoms with van der Waals surface area (Å²) in [6.45, 7) is 14.8. The molecule has 1 saturated carbocycles. The molecule has 0 aromatic carbocycles. The second kappa shape index (κ2) is 10.7. The molecule has 1 aliphatic rings. The van der Waals surface area contributed by atoms with Gasteiger partial charge >= 0.3 is 0 Å². The van der Waals surface area contributed by atoms with E-state index in [-0.39, 0.29) is 6.61 Å². The second-order valence-corrected chi connectivity index (χ2v) is 9.02. The van der Waals surface area contributed by atoms with Gasteiger partial charge in [0.15, 0.2) is 0 Å². The van der Waals surface area contributed by atoms with Gasteiger partial charge in [-0.3, -0.25) is 0 Å². The van der Waals surface area contributed by atoms with Gasteiger partial charge in [0.05, 0.1) is 45.7 Å². The highest BCUT2D eigenvalue weighted by Gasteiger charge is 2.35. The zero-order chi connectivity index (χ0) is 18.1. The third-order valence-corrected chi connectivity index (χ3v) is 4.95. The second-order valence-electron chi connectivity index (χ2n) is 9.02. The fraction of sp³-hybridized carbons (Fsp3) is 1.00. The lowest BCUT2D eigenvalue weighted by atomic mass is 9.64. The molecule has 1 N–H and O–H groups in total. The van der Waals surface area contributed by atoms with Crippen LogP contribution in [-0.4, -0.2) is 50.9 Å². The fourth-order valence-corrected chi connectivity index (χ4v) is 4.18. The Kier molecular flexibility index (Phi) is 9.80. The van der Waals surface area contributed by atoms with Crippen molar-refractivity contribution in [2.75, 3.05) is 39.6 Å². The van der Waals surface area contributed by atoms with Gasteiger partial charge in [-0.25, -0.2) is 0 Å². The molecule has 4 nitrogen and oxygen atoms in total. The van der Waals surface area contributed by atoms with Crippen LogP contribution in [0.2, 0.25) is 0 Å². The van der Waals surface area contributed by atoms with Crippen molar-refractivity contribution in [2.24, 2.45) is 16.7 Å². The number of rotatable bonds is 11. The molecule has 4 heteroatoms. The molecular weight excluding hydrogens is 304 g/mol. The van der Waals surface area contributed by atoms with Crippen LogP contribution >= 0.6 is 0 Å². The molecule has 1 rings (SSSR count). The van der Waals surface area contributed by atoms with Crippen LogP contribution in [0.3, 0.4) is 0 Å². The number of aliphatic hydroxyl groups is 1. The smallest absolute Gasteiger partial charge is 0.0704 e. The van der Waals surface area contributed by atoms with Crippen molar-refractivity contribution in [1.82, 2.24) is 0 Å². The van der Waals surface area contributed by atoms with Crippen molar-refractivity contribution < 1.29 is 19.3 Å². The van der Waals surface area contributed by atoms with E-state index in [1.807, 2.05) is 0 Å². The van der Waals surface area contributed by atoms with E-state index < -0.39 is 0 Å². The van der Waals surface area contributed by atoms with Gasteiger partial charge in [0.1, 0.15) is 0 Å². The van der Waals surface area contributed by atoms with Crippen molar-refractivity contribution in [3.63, 3.8) is 0 Å². The van der Waals surface area contributed by atoms with Crippen molar-refractivity contribution in [3.05, 3.63) is 0 Å². The van der Waals surface area contributed by atoms with Crippen LogP contribution in [0, 0.1) is 16.7 Å². The molecule has 0 saturated heterocycles. The Balaban J connectivity index is 2.11. The molecule has 24 heavy (non-hydrogen) atoms. The molecule has 0 unspecified atom stereocenters. The quantitative estimate of drug-likeness (QED) is 0.575. The van der Waals surface area contributed by atoms with Crippen LogP contribution in [-0.2, 0) is 14.2 Å². The van der Waals surface area contributed by atoms with Gasteiger partial charge in [-0.05, 0) is 48.9 Å². The standard InChI is InChI=1S/C20H40O4/c1-19(2,3)16-20(4,5)17-6-8-18(9-7-17)24-15-14-23-13-12-22-11-10-21/h17-18,21H,6-16H2,1-5H3. The van der Waals surface area contributed by atoms with Gasteiger partial charge in [0.2, 0.25) is 0 Å². The molecule has 1 fully saturated rings. The van der Waals surface area contributed by atoms with E-state index in [9.17, 15) is 0 Å².